The Morgan fingerprint density at radius 3 is 2.87 bits per heavy atom. The van der Waals surface area contributed by atoms with Crippen LogP contribution in [0.5, 0.6) is 0 Å². The van der Waals surface area contributed by atoms with E-state index in [-0.39, 0.29) is 6.61 Å². The molecule has 9 heteroatoms. The number of halogens is 3. The fourth-order valence-electron chi connectivity index (χ4n) is 1.80. The van der Waals surface area contributed by atoms with Crippen molar-refractivity contribution in [2.24, 2.45) is 0 Å². The number of ether oxygens (including phenoxy) is 1. The smallest absolute Gasteiger partial charge is 0.370 e. The summed E-state index contributed by atoms with van der Waals surface area (Å²) >= 11 is 0. The molecule has 0 aliphatic carbocycles. The van der Waals surface area contributed by atoms with Crippen LogP contribution in [0.25, 0.3) is 5.82 Å². The second-order valence-electron chi connectivity index (χ2n) is 4.88. The van der Waals surface area contributed by atoms with Gasteiger partial charge in [-0.15, -0.1) is 0 Å². The van der Waals surface area contributed by atoms with Gasteiger partial charge in [-0.2, -0.15) is 13.2 Å². The second-order valence-corrected chi connectivity index (χ2v) is 4.88. The zero-order valence-electron chi connectivity index (χ0n) is 12.2. The Bertz CT molecular complexity index is 644. The van der Waals surface area contributed by atoms with Crippen LogP contribution in [-0.4, -0.2) is 45.9 Å². The lowest BCUT2D eigenvalue weighted by Crippen LogP contribution is -2.36. The first-order valence-corrected chi connectivity index (χ1v) is 6.75. The minimum atomic E-state index is -4.38. The summed E-state index contributed by atoms with van der Waals surface area (Å²) in [5.74, 6) is 0.0907. The number of imidazole rings is 1. The molecular formula is C14H15F3N4O2. The molecule has 2 aromatic rings. The van der Waals surface area contributed by atoms with Crippen molar-refractivity contribution in [1.82, 2.24) is 19.9 Å². The Morgan fingerprint density at radius 2 is 2.22 bits per heavy atom. The molecule has 0 fully saturated rings. The minimum Gasteiger partial charge on any atom is -0.370 e. The molecule has 23 heavy (non-hydrogen) atoms. The van der Waals surface area contributed by atoms with Crippen LogP contribution < -0.4 is 5.32 Å². The number of hydrogen-bond acceptors (Lipinski definition) is 4. The molecule has 0 radical (unpaired) electrons. The Kier molecular flexibility index (Phi) is 5.32. The number of hydrogen-bond donors (Lipinski definition) is 1. The summed E-state index contributed by atoms with van der Waals surface area (Å²) in [5.41, 5.74) is 0.339. The largest absolute Gasteiger partial charge is 0.411 e. The first-order chi connectivity index (χ1) is 10.8. The van der Waals surface area contributed by atoms with E-state index in [0.29, 0.717) is 11.4 Å². The molecule has 0 aliphatic rings. The van der Waals surface area contributed by atoms with E-state index in [1.807, 2.05) is 0 Å². The highest BCUT2D eigenvalue weighted by molar-refractivity contribution is 5.94. The number of rotatable bonds is 6. The van der Waals surface area contributed by atoms with Crippen molar-refractivity contribution in [3.05, 3.63) is 42.6 Å². The summed E-state index contributed by atoms with van der Waals surface area (Å²) in [4.78, 5) is 20.1. The molecule has 2 heterocycles. The lowest BCUT2D eigenvalue weighted by atomic mass is 10.2. The van der Waals surface area contributed by atoms with Crippen molar-refractivity contribution < 1.29 is 22.7 Å². The summed E-state index contributed by atoms with van der Waals surface area (Å²) < 4.78 is 42.1. The van der Waals surface area contributed by atoms with Gasteiger partial charge in [-0.3, -0.25) is 9.36 Å². The average Bonchev–Trinajstić information content (AvgIpc) is 3.00. The monoisotopic (exact) mass is 328 g/mol. The molecule has 0 aliphatic heterocycles. The summed E-state index contributed by atoms with van der Waals surface area (Å²) in [6.45, 7) is -0.00972. The van der Waals surface area contributed by atoms with Crippen molar-refractivity contribution in [2.45, 2.75) is 19.1 Å². The summed E-state index contributed by atoms with van der Waals surface area (Å²) in [6, 6.07) is 2.51. The van der Waals surface area contributed by atoms with Crippen molar-refractivity contribution in [3.8, 4) is 5.82 Å². The van der Waals surface area contributed by atoms with Crippen LogP contribution in [-0.2, 0) is 4.74 Å². The van der Waals surface area contributed by atoms with E-state index in [9.17, 15) is 18.0 Å². The number of nitrogens with zero attached hydrogens (tertiary/aromatic N) is 3. The van der Waals surface area contributed by atoms with Gasteiger partial charge in [0.05, 0.1) is 6.61 Å². The maximum absolute atomic E-state index is 12.1. The Balaban J connectivity index is 1.92. The average molecular weight is 328 g/mol. The molecule has 124 valence electrons. The topological polar surface area (TPSA) is 69.0 Å². The third-order valence-corrected chi connectivity index (χ3v) is 2.79. The predicted molar refractivity (Wildman–Crippen MR) is 75.2 cm³/mol. The molecular weight excluding hydrogens is 313 g/mol. The number of pyridine rings is 1. The predicted octanol–water partition coefficient (Wildman–Crippen LogP) is 1.96. The molecule has 0 unspecified atom stereocenters. The zero-order valence-corrected chi connectivity index (χ0v) is 12.2. The zero-order chi connectivity index (χ0) is 16.9. The molecule has 1 N–H and O–H groups in total. The molecule has 0 spiro atoms. The second kappa shape index (κ2) is 7.23. The maximum atomic E-state index is 12.1. The Morgan fingerprint density at radius 1 is 1.43 bits per heavy atom. The van der Waals surface area contributed by atoms with Gasteiger partial charge in [0.1, 0.15) is 18.8 Å². The summed E-state index contributed by atoms with van der Waals surface area (Å²) in [6.07, 6.45) is 1.88. The van der Waals surface area contributed by atoms with Crippen LogP contribution in [0.1, 0.15) is 17.3 Å². The fourth-order valence-corrected chi connectivity index (χ4v) is 1.80. The molecule has 0 saturated heterocycles. The first-order valence-electron chi connectivity index (χ1n) is 6.75. The number of aromatic nitrogens is 3. The van der Waals surface area contributed by atoms with Gasteiger partial charge in [0.25, 0.3) is 5.91 Å². The van der Waals surface area contributed by atoms with Crippen LogP contribution in [0.15, 0.2) is 37.1 Å². The van der Waals surface area contributed by atoms with Crippen molar-refractivity contribution in [3.63, 3.8) is 0 Å². The van der Waals surface area contributed by atoms with Gasteiger partial charge in [0.2, 0.25) is 0 Å². The van der Waals surface area contributed by atoms with E-state index in [2.05, 4.69) is 20.0 Å². The van der Waals surface area contributed by atoms with Crippen LogP contribution in [0.4, 0.5) is 13.2 Å². The minimum absolute atomic E-state index is 0.231. The standard InChI is InChI=1S/C14H15F3N4O2/c1-10(7-23-8-14(15,16)17)20-13(22)11-2-3-19-12(6-11)21-5-4-18-9-21/h2-6,9-10H,7-8H2,1H3,(H,20,22)/t10-/m0/s1. The van der Waals surface area contributed by atoms with E-state index in [4.69, 9.17) is 0 Å². The fraction of sp³-hybridized carbons (Fsp3) is 0.357. The highest BCUT2D eigenvalue weighted by Gasteiger charge is 2.27. The SMILES string of the molecule is C[C@@H](COCC(F)(F)F)NC(=O)c1ccnc(-n2ccnc2)c1. The van der Waals surface area contributed by atoms with Crippen molar-refractivity contribution in [2.75, 3.05) is 13.2 Å². The Labute approximate surface area is 130 Å². The Hall–Kier alpha value is -2.42. The van der Waals surface area contributed by atoms with E-state index in [0.717, 1.165) is 0 Å². The third kappa shape index (κ3) is 5.37. The van der Waals surface area contributed by atoms with Crippen molar-refractivity contribution >= 4 is 5.91 Å². The van der Waals surface area contributed by atoms with Gasteiger partial charge < -0.3 is 10.1 Å². The number of alkyl halides is 3. The first kappa shape index (κ1) is 16.9. The molecule has 6 nitrogen and oxygen atoms in total. The van der Waals surface area contributed by atoms with Gasteiger partial charge in [-0.1, -0.05) is 0 Å². The quantitative estimate of drug-likeness (QED) is 0.880. The normalized spacial score (nSPS) is 12.9. The van der Waals surface area contributed by atoms with Gasteiger partial charge in [0.15, 0.2) is 0 Å². The number of carbonyl (C=O) groups is 1. The van der Waals surface area contributed by atoms with Crippen LogP contribution in [0, 0.1) is 0 Å². The highest BCUT2D eigenvalue weighted by Crippen LogP contribution is 2.14. The van der Waals surface area contributed by atoms with Crippen LogP contribution in [0.2, 0.25) is 0 Å². The number of amides is 1. The molecule has 0 bridgehead atoms. The van der Waals surface area contributed by atoms with Crippen LogP contribution >= 0.6 is 0 Å². The lowest BCUT2D eigenvalue weighted by Gasteiger charge is -2.15. The number of carbonyl (C=O) groups excluding carboxylic acids is 1. The molecule has 2 aromatic heterocycles. The maximum Gasteiger partial charge on any atom is 0.411 e. The third-order valence-electron chi connectivity index (χ3n) is 2.79. The molecule has 0 aromatic carbocycles. The molecule has 0 saturated carbocycles. The van der Waals surface area contributed by atoms with Gasteiger partial charge in [-0.25, -0.2) is 9.97 Å². The van der Waals surface area contributed by atoms with E-state index >= 15 is 0 Å². The van der Waals surface area contributed by atoms with E-state index in [1.165, 1.54) is 18.6 Å². The molecule has 1 amide bonds. The highest BCUT2D eigenvalue weighted by atomic mass is 19.4. The van der Waals surface area contributed by atoms with Crippen LogP contribution in [0.3, 0.4) is 0 Å². The summed E-state index contributed by atoms with van der Waals surface area (Å²) in [7, 11) is 0. The molecule has 2 rings (SSSR count). The summed E-state index contributed by atoms with van der Waals surface area (Å²) in [5, 5.41) is 2.57. The number of nitrogens with one attached hydrogen (secondary N) is 1. The van der Waals surface area contributed by atoms with Gasteiger partial charge in [-0.05, 0) is 19.1 Å². The van der Waals surface area contributed by atoms with Gasteiger partial charge in [0, 0.05) is 30.2 Å². The van der Waals surface area contributed by atoms with Crippen molar-refractivity contribution in [1.29, 1.82) is 0 Å². The van der Waals surface area contributed by atoms with E-state index < -0.39 is 24.7 Å². The molecule has 1 atom stereocenters. The lowest BCUT2D eigenvalue weighted by molar-refractivity contribution is -0.174. The van der Waals surface area contributed by atoms with Gasteiger partial charge >= 0.3 is 6.18 Å². The van der Waals surface area contributed by atoms with E-state index in [1.54, 1.807) is 30.0 Å².